The van der Waals surface area contributed by atoms with Crippen molar-refractivity contribution in [1.29, 1.82) is 0 Å². The van der Waals surface area contributed by atoms with Crippen molar-refractivity contribution in [3.63, 3.8) is 0 Å². The number of rotatable bonds is 3. The van der Waals surface area contributed by atoms with Crippen LogP contribution in [0, 0.1) is 5.92 Å². The number of alkyl halides is 5. The van der Waals surface area contributed by atoms with Gasteiger partial charge in [0.1, 0.15) is 0 Å². The summed E-state index contributed by atoms with van der Waals surface area (Å²) in [6, 6.07) is 0. The van der Waals surface area contributed by atoms with Crippen molar-refractivity contribution in [3.05, 3.63) is 0 Å². The van der Waals surface area contributed by atoms with Gasteiger partial charge in [-0.2, -0.15) is 21.6 Å². The summed E-state index contributed by atoms with van der Waals surface area (Å²) in [4.78, 5) is 0. The highest BCUT2D eigenvalue weighted by molar-refractivity contribution is 7.87. The molecule has 0 amide bonds. The van der Waals surface area contributed by atoms with Gasteiger partial charge >= 0.3 is 15.6 Å². The molecule has 0 unspecified atom stereocenters. The van der Waals surface area contributed by atoms with E-state index < -0.39 is 46.9 Å². The SMILES string of the molecule is O=S(=O)(OCC1CC(F)(F)C1)C(F)(F)F. The Kier molecular flexibility index (Phi) is 2.99. The van der Waals surface area contributed by atoms with E-state index in [1.807, 2.05) is 0 Å². The summed E-state index contributed by atoms with van der Waals surface area (Å²) in [5, 5.41) is 0. The molecular formula is C6H7F5O3S. The van der Waals surface area contributed by atoms with E-state index in [0.29, 0.717) is 0 Å². The molecule has 0 atom stereocenters. The fourth-order valence-electron chi connectivity index (χ4n) is 1.16. The van der Waals surface area contributed by atoms with E-state index in [0.717, 1.165) is 0 Å². The zero-order chi connectivity index (χ0) is 11.9. The summed E-state index contributed by atoms with van der Waals surface area (Å²) in [5.74, 6) is -3.74. The van der Waals surface area contributed by atoms with Crippen LogP contribution in [0.4, 0.5) is 22.0 Å². The normalized spacial score (nSPS) is 22.5. The molecule has 1 saturated carbocycles. The largest absolute Gasteiger partial charge is 0.523 e. The maximum absolute atomic E-state index is 12.2. The lowest BCUT2D eigenvalue weighted by Crippen LogP contribution is -2.39. The first kappa shape index (κ1) is 12.6. The first-order valence-electron chi connectivity index (χ1n) is 3.87. The minimum Gasteiger partial charge on any atom is -0.263 e. The van der Waals surface area contributed by atoms with Gasteiger partial charge in [-0.3, -0.25) is 4.18 Å². The van der Waals surface area contributed by atoms with Crippen molar-refractivity contribution >= 4 is 10.1 Å². The lowest BCUT2D eigenvalue weighted by atomic mass is 9.82. The predicted molar refractivity (Wildman–Crippen MR) is 38.6 cm³/mol. The first-order valence-corrected chi connectivity index (χ1v) is 5.28. The third-order valence-corrected chi connectivity index (χ3v) is 2.93. The summed E-state index contributed by atoms with van der Waals surface area (Å²) < 4.78 is 83.8. The van der Waals surface area contributed by atoms with Gasteiger partial charge in [-0.15, -0.1) is 0 Å². The van der Waals surface area contributed by atoms with Gasteiger partial charge < -0.3 is 0 Å². The molecule has 0 bridgehead atoms. The minimum absolute atomic E-state index is 0.639. The second-order valence-electron chi connectivity index (χ2n) is 3.31. The first-order chi connectivity index (χ1) is 6.54. The molecule has 1 aliphatic carbocycles. The number of halogens is 5. The van der Waals surface area contributed by atoms with Crippen molar-refractivity contribution in [2.75, 3.05) is 6.61 Å². The molecule has 0 aromatic carbocycles. The average Bonchev–Trinajstić information content (AvgIpc) is 1.94. The Balaban J connectivity index is 2.40. The van der Waals surface area contributed by atoms with Crippen LogP contribution in [0.2, 0.25) is 0 Å². The Hall–Kier alpha value is -0.440. The standard InChI is InChI=1S/C6H7F5O3S/c7-5(8)1-4(2-5)3-14-15(12,13)6(9,10)11/h4H,1-3H2. The highest BCUT2D eigenvalue weighted by atomic mass is 32.2. The Labute approximate surface area is 82.3 Å². The van der Waals surface area contributed by atoms with Gasteiger partial charge in [0.15, 0.2) is 0 Å². The molecule has 0 heterocycles. The predicted octanol–water partition coefficient (Wildman–Crippen LogP) is 1.90. The van der Waals surface area contributed by atoms with Gasteiger partial charge in [0.25, 0.3) is 0 Å². The van der Waals surface area contributed by atoms with Crippen LogP contribution < -0.4 is 0 Å². The fraction of sp³-hybridized carbons (Fsp3) is 1.00. The summed E-state index contributed by atoms with van der Waals surface area (Å²) in [5.41, 5.74) is -5.50. The molecule has 0 saturated heterocycles. The number of hydrogen-bond donors (Lipinski definition) is 0. The second kappa shape index (κ2) is 3.55. The van der Waals surface area contributed by atoms with Gasteiger partial charge in [0, 0.05) is 12.8 Å². The van der Waals surface area contributed by atoms with Crippen molar-refractivity contribution < 1.29 is 34.6 Å². The molecule has 3 nitrogen and oxygen atoms in total. The smallest absolute Gasteiger partial charge is 0.263 e. The van der Waals surface area contributed by atoms with Crippen LogP contribution in [0.5, 0.6) is 0 Å². The Morgan fingerprint density at radius 1 is 1.27 bits per heavy atom. The third kappa shape index (κ3) is 3.00. The quantitative estimate of drug-likeness (QED) is 0.439. The van der Waals surface area contributed by atoms with Gasteiger partial charge in [-0.05, 0) is 5.92 Å². The minimum atomic E-state index is -5.65. The molecule has 0 aliphatic heterocycles. The van der Waals surface area contributed by atoms with E-state index in [2.05, 4.69) is 4.18 Å². The van der Waals surface area contributed by atoms with E-state index in [1.165, 1.54) is 0 Å². The van der Waals surface area contributed by atoms with Crippen LogP contribution in [0.25, 0.3) is 0 Å². The van der Waals surface area contributed by atoms with Gasteiger partial charge in [0.05, 0.1) is 6.61 Å². The van der Waals surface area contributed by atoms with E-state index >= 15 is 0 Å². The Bertz CT molecular complexity index is 325. The molecule has 90 valence electrons. The van der Waals surface area contributed by atoms with Crippen LogP contribution in [0.3, 0.4) is 0 Å². The summed E-state index contributed by atoms with van der Waals surface area (Å²) in [7, 11) is -5.65. The topological polar surface area (TPSA) is 43.4 Å². The monoisotopic (exact) mass is 254 g/mol. The van der Waals surface area contributed by atoms with Crippen LogP contribution in [-0.2, 0) is 14.3 Å². The molecule has 0 aromatic heterocycles. The van der Waals surface area contributed by atoms with Crippen LogP contribution >= 0.6 is 0 Å². The molecule has 15 heavy (non-hydrogen) atoms. The lowest BCUT2D eigenvalue weighted by molar-refractivity contribution is -0.121. The third-order valence-electron chi connectivity index (χ3n) is 1.92. The Morgan fingerprint density at radius 2 is 1.73 bits per heavy atom. The van der Waals surface area contributed by atoms with Crippen molar-refractivity contribution in [2.45, 2.75) is 24.3 Å². The maximum Gasteiger partial charge on any atom is 0.523 e. The fourth-order valence-corrected chi connectivity index (χ4v) is 1.66. The van der Waals surface area contributed by atoms with E-state index in [4.69, 9.17) is 0 Å². The summed E-state index contributed by atoms with van der Waals surface area (Å²) >= 11 is 0. The van der Waals surface area contributed by atoms with Crippen molar-refractivity contribution in [1.82, 2.24) is 0 Å². The molecule has 1 fully saturated rings. The van der Waals surface area contributed by atoms with E-state index in [9.17, 15) is 30.4 Å². The second-order valence-corrected chi connectivity index (χ2v) is 4.92. The van der Waals surface area contributed by atoms with E-state index in [-0.39, 0.29) is 0 Å². The molecule has 1 aliphatic rings. The van der Waals surface area contributed by atoms with Crippen LogP contribution in [0.15, 0.2) is 0 Å². The molecule has 1 rings (SSSR count). The molecule has 9 heteroatoms. The van der Waals surface area contributed by atoms with Crippen molar-refractivity contribution in [2.24, 2.45) is 5.92 Å². The zero-order valence-corrected chi connectivity index (χ0v) is 8.04. The molecular weight excluding hydrogens is 247 g/mol. The van der Waals surface area contributed by atoms with Gasteiger partial charge in [-0.1, -0.05) is 0 Å². The van der Waals surface area contributed by atoms with E-state index in [1.54, 1.807) is 0 Å². The van der Waals surface area contributed by atoms with Crippen molar-refractivity contribution in [3.8, 4) is 0 Å². The molecule has 0 N–H and O–H groups in total. The molecule has 0 spiro atoms. The Morgan fingerprint density at radius 3 is 2.07 bits per heavy atom. The lowest BCUT2D eigenvalue weighted by Gasteiger charge is -2.34. The maximum atomic E-state index is 12.2. The highest BCUT2D eigenvalue weighted by Crippen LogP contribution is 2.42. The molecule has 0 radical (unpaired) electrons. The molecule has 0 aromatic rings. The van der Waals surface area contributed by atoms with Gasteiger partial charge in [0.2, 0.25) is 5.92 Å². The summed E-state index contributed by atoms with van der Waals surface area (Å²) in [6.45, 7) is -0.850. The number of hydrogen-bond acceptors (Lipinski definition) is 3. The average molecular weight is 254 g/mol. The summed E-state index contributed by atoms with van der Waals surface area (Å²) in [6.07, 6.45) is -1.28. The highest BCUT2D eigenvalue weighted by Gasteiger charge is 2.50. The van der Waals surface area contributed by atoms with Crippen LogP contribution in [-0.4, -0.2) is 26.5 Å². The van der Waals surface area contributed by atoms with Crippen LogP contribution in [0.1, 0.15) is 12.8 Å². The zero-order valence-electron chi connectivity index (χ0n) is 7.22. The van der Waals surface area contributed by atoms with Gasteiger partial charge in [-0.25, -0.2) is 8.78 Å².